The van der Waals surface area contributed by atoms with Crippen LogP contribution >= 0.6 is 11.3 Å². The van der Waals surface area contributed by atoms with Gasteiger partial charge in [-0.2, -0.15) is 8.42 Å². The van der Waals surface area contributed by atoms with Crippen molar-refractivity contribution in [3.05, 3.63) is 11.1 Å². The van der Waals surface area contributed by atoms with Gasteiger partial charge in [-0.3, -0.25) is 18.9 Å². The van der Waals surface area contributed by atoms with Crippen molar-refractivity contribution >= 4 is 62.8 Å². The van der Waals surface area contributed by atoms with Crippen molar-refractivity contribution in [3.8, 4) is 0 Å². The molecule has 2 rings (SSSR count). The summed E-state index contributed by atoms with van der Waals surface area (Å²) in [6, 6.07) is -3.26. The molecule has 0 bridgehead atoms. The Morgan fingerprint density at radius 3 is 2.66 bits per heavy atom. The predicted octanol–water partition coefficient (Wildman–Crippen LogP) is -2.73. The Kier molecular flexibility index (Phi) is 8.86. The summed E-state index contributed by atoms with van der Waals surface area (Å²) in [5.74, 6) is -3.86. The minimum Gasteiger partial charge on any atom is -0.479 e. The van der Waals surface area contributed by atoms with Crippen molar-refractivity contribution in [1.29, 1.82) is 0 Å². The summed E-state index contributed by atoms with van der Waals surface area (Å²) in [5, 5.41) is 17.5. The first-order valence-electron chi connectivity index (χ1n) is 9.13. The molecule has 1 unspecified atom stereocenters. The van der Waals surface area contributed by atoms with Gasteiger partial charge in [0, 0.05) is 5.38 Å². The van der Waals surface area contributed by atoms with Crippen molar-refractivity contribution in [3.63, 3.8) is 0 Å². The smallest absolute Gasteiger partial charge is 0.479 e. The van der Waals surface area contributed by atoms with E-state index in [9.17, 15) is 36.9 Å². The lowest BCUT2D eigenvalue weighted by Gasteiger charge is -2.43. The molecule has 6 N–H and O–H groups in total. The van der Waals surface area contributed by atoms with Crippen LogP contribution in [-0.2, 0) is 43.8 Å². The number of anilines is 1. The highest BCUT2D eigenvalue weighted by molar-refractivity contribution is 7.84. The molecule has 3 atom stereocenters. The fraction of sp³-hybridized carbons (Fsp3) is 0.400. The first-order valence-corrected chi connectivity index (χ1v) is 11.4. The van der Waals surface area contributed by atoms with E-state index in [1.807, 2.05) is 0 Å². The molecule has 2 heterocycles. The summed E-state index contributed by atoms with van der Waals surface area (Å²) >= 11 is 0.901. The van der Waals surface area contributed by atoms with E-state index in [1.165, 1.54) is 12.3 Å². The van der Waals surface area contributed by atoms with Crippen molar-refractivity contribution < 1.29 is 56.4 Å². The maximum atomic E-state index is 12.7. The zero-order valence-corrected chi connectivity index (χ0v) is 19.1. The third kappa shape index (κ3) is 7.22. The molecule has 0 aromatic carbocycles. The molecule has 3 amide bonds. The van der Waals surface area contributed by atoms with E-state index in [-0.39, 0.29) is 21.5 Å². The van der Waals surface area contributed by atoms with Crippen LogP contribution in [0.3, 0.4) is 0 Å². The fourth-order valence-corrected chi connectivity index (χ4v) is 3.96. The summed E-state index contributed by atoms with van der Waals surface area (Å²) in [5.41, 5.74) is 4.75. The summed E-state index contributed by atoms with van der Waals surface area (Å²) in [6.07, 6.45) is -2.23. The van der Waals surface area contributed by atoms with Crippen LogP contribution in [0.2, 0.25) is 0 Å². The number of nitrogens with zero attached hydrogens (tertiary/aromatic N) is 3. The van der Waals surface area contributed by atoms with Crippen LogP contribution in [0.15, 0.2) is 10.5 Å². The lowest BCUT2D eigenvalue weighted by Crippen LogP contribution is -2.73. The van der Waals surface area contributed by atoms with Crippen molar-refractivity contribution in [1.82, 2.24) is 19.9 Å². The second-order valence-electron chi connectivity index (χ2n) is 6.41. The molecule has 0 saturated carbocycles. The summed E-state index contributed by atoms with van der Waals surface area (Å²) < 4.78 is 41.7. The van der Waals surface area contributed by atoms with Gasteiger partial charge in [-0.25, -0.2) is 18.9 Å². The first-order chi connectivity index (χ1) is 16.3. The van der Waals surface area contributed by atoms with Gasteiger partial charge in [-0.15, -0.1) is 11.3 Å². The topological polar surface area (TPSA) is 266 Å². The number of carboxylic acid groups (broad SMARTS) is 1. The third-order valence-corrected chi connectivity index (χ3v) is 5.60. The van der Waals surface area contributed by atoms with Gasteiger partial charge in [-0.05, 0) is 6.92 Å². The lowest BCUT2D eigenvalue weighted by atomic mass is 9.99. The minimum atomic E-state index is -5.11. The molecule has 1 aliphatic heterocycles. The monoisotopic (exact) mass is 538 g/mol. The number of β-lactam (4-membered cyclic amide) rings is 1. The summed E-state index contributed by atoms with van der Waals surface area (Å²) in [7, 11) is -5.11. The number of thiazole rings is 1. The van der Waals surface area contributed by atoms with Crippen LogP contribution < -0.4 is 16.4 Å². The van der Waals surface area contributed by atoms with Crippen LogP contribution in [0.1, 0.15) is 12.6 Å². The molecule has 1 aliphatic rings. The number of oxime groups is 1. The van der Waals surface area contributed by atoms with Gasteiger partial charge < -0.3 is 35.8 Å². The maximum Gasteiger partial charge on any atom is 0.510 e. The highest BCUT2D eigenvalue weighted by Gasteiger charge is 2.55. The van der Waals surface area contributed by atoms with E-state index in [2.05, 4.69) is 30.3 Å². The van der Waals surface area contributed by atoms with Crippen molar-refractivity contribution in [2.24, 2.45) is 5.16 Å². The molecule has 192 valence electrons. The quantitative estimate of drug-likeness (QED) is 0.0344. The first kappa shape index (κ1) is 27.2. The number of ether oxygens (including phenoxy) is 2. The Hall–Kier alpha value is -4.04. The minimum absolute atomic E-state index is 0.0130. The highest BCUT2D eigenvalue weighted by atomic mass is 32.2. The lowest BCUT2D eigenvalue weighted by molar-refractivity contribution is -0.147. The Morgan fingerprint density at radius 2 is 2.11 bits per heavy atom. The molecule has 1 fully saturated rings. The van der Waals surface area contributed by atoms with Gasteiger partial charge in [0.15, 0.2) is 17.1 Å². The fourth-order valence-electron chi connectivity index (χ4n) is 2.55. The van der Waals surface area contributed by atoms with Crippen molar-refractivity contribution in [2.45, 2.75) is 25.2 Å². The van der Waals surface area contributed by atoms with Crippen LogP contribution in [0.4, 0.5) is 9.93 Å². The molecule has 1 aromatic rings. The van der Waals surface area contributed by atoms with Crippen LogP contribution in [0, 0.1) is 0 Å². The molecule has 18 nitrogen and oxygen atoms in total. The zero-order valence-electron chi connectivity index (χ0n) is 17.5. The molecular formula is C15H18N6O12S2. The second kappa shape index (κ2) is 11.4. The Bertz CT molecular complexity index is 1140. The largest absolute Gasteiger partial charge is 0.510 e. The van der Waals surface area contributed by atoms with Crippen molar-refractivity contribution in [2.75, 3.05) is 18.9 Å². The van der Waals surface area contributed by atoms with E-state index >= 15 is 0 Å². The second-order valence-corrected chi connectivity index (χ2v) is 8.59. The molecule has 1 saturated heterocycles. The number of rotatable bonds is 12. The standard InChI is InChI=1S/C15H18N6O12S2/c1-6(17-5-22)33-15(27)31-2-8-11(13(26)21(8)35(28,29)30)19-12(25)10(20-32-3-9(23)24)7-4-34-14(16)18-7/h4-6,8,11H,2-3H2,1H3,(H2,16,18)(H,17,22)(H,19,25)(H,23,24)(H,28,29,30)/b20-10-/t6?,8-,11+/m0/s1. The number of hydrogen-bond donors (Lipinski definition) is 5. The van der Waals surface area contributed by atoms with Gasteiger partial charge in [-0.1, -0.05) is 5.16 Å². The number of aliphatic carboxylic acids is 1. The number of hydrogen-bond acceptors (Lipinski definition) is 14. The maximum absolute atomic E-state index is 12.7. The average molecular weight is 538 g/mol. The van der Waals surface area contributed by atoms with Crippen LogP contribution in [0.5, 0.6) is 0 Å². The number of nitrogen functional groups attached to an aromatic ring is 1. The van der Waals surface area contributed by atoms with Gasteiger partial charge in [0.25, 0.3) is 11.8 Å². The van der Waals surface area contributed by atoms with E-state index < -0.39 is 71.5 Å². The number of carboxylic acids is 1. The number of amides is 3. The number of nitrogens with two attached hydrogens (primary N) is 1. The average Bonchev–Trinajstić information content (AvgIpc) is 3.16. The number of carbonyl (C=O) groups excluding carboxylic acids is 4. The van der Waals surface area contributed by atoms with Crippen LogP contribution in [-0.4, -0.2) is 95.0 Å². The van der Waals surface area contributed by atoms with E-state index in [0.717, 1.165) is 11.3 Å². The van der Waals surface area contributed by atoms with E-state index in [1.54, 1.807) is 0 Å². The Morgan fingerprint density at radius 1 is 1.43 bits per heavy atom. The zero-order chi connectivity index (χ0) is 26.3. The number of nitrogens with one attached hydrogen (secondary N) is 2. The highest BCUT2D eigenvalue weighted by Crippen LogP contribution is 2.24. The van der Waals surface area contributed by atoms with Gasteiger partial charge in [0.2, 0.25) is 13.0 Å². The van der Waals surface area contributed by atoms with Crippen LogP contribution in [0.25, 0.3) is 0 Å². The SMILES string of the molecule is CC(NC=O)OC(=O)OC[C@H]1[C@@H](NC(=O)/C(=N\OCC(=O)O)c2csc(N)n2)C(=O)N1S(=O)(=O)O. The molecular weight excluding hydrogens is 520 g/mol. The summed E-state index contributed by atoms with van der Waals surface area (Å²) in [6.45, 7) is -0.519. The Labute approximate surface area is 199 Å². The van der Waals surface area contributed by atoms with E-state index in [4.69, 9.17) is 15.6 Å². The normalized spacial score (nSPS) is 18.6. The number of aromatic nitrogens is 1. The van der Waals surface area contributed by atoms with E-state index in [0.29, 0.717) is 0 Å². The molecule has 1 aromatic heterocycles. The third-order valence-electron chi connectivity index (χ3n) is 3.98. The molecule has 35 heavy (non-hydrogen) atoms. The molecule has 0 radical (unpaired) electrons. The Balaban J connectivity index is 2.19. The van der Waals surface area contributed by atoms with Gasteiger partial charge in [0.05, 0.1) is 0 Å². The molecule has 0 spiro atoms. The predicted molar refractivity (Wildman–Crippen MR) is 112 cm³/mol. The molecule has 20 heteroatoms. The molecule has 0 aliphatic carbocycles. The van der Waals surface area contributed by atoms with Gasteiger partial charge in [0.1, 0.15) is 24.4 Å². The van der Waals surface area contributed by atoms with Gasteiger partial charge >= 0.3 is 22.4 Å². The number of carbonyl (C=O) groups is 5. The summed E-state index contributed by atoms with van der Waals surface area (Å²) in [4.78, 5) is 66.1.